The standard InChI is InChI=1S/C6H14N4O2.C5H12N2O2.C5H6O5/c7-4(5(11)12)2-1-3-10-6(8)9;6-3-1-2-4(7)5(8)9;6-3(5(9)10)1-2-4(7)8/h4H,1-3,7H2,(H,11,12)(H4,8,9,10);4H,1-3,6-7H2,(H,8,9);1-2H2,(H,7,8)(H,9,10)/t2*4-;/m00./s1. The minimum absolute atomic E-state index is 0.0129. The van der Waals surface area contributed by atoms with E-state index in [1.54, 1.807) is 0 Å². The van der Waals surface area contributed by atoms with Gasteiger partial charge in [0, 0.05) is 13.0 Å². The lowest BCUT2D eigenvalue weighted by atomic mass is 10.2. The van der Waals surface area contributed by atoms with Crippen LogP contribution in [-0.4, -0.2) is 81.2 Å². The molecule has 0 aromatic carbocycles. The summed E-state index contributed by atoms with van der Waals surface area (Å²) in [6, 6.07) is -1.56. The lowest BCUT2D eigenvalue weighted by molar-refractivity contribution is -0.149. The second-order valence-corrected chi connectivity index (χ2v) is 5.89. The van der Waals surface area contributed by atoms with Gasteiger partial charge in [0.2, 0.25) is 5.78 Å². The minimum atomic E-state index is -1.58. The molecule has 0 bridgehead atoms. The van der Waals surface area contributed by atoms with E-state index >= 15 is 0 Å². The van der Waals surface area contributed by atoms with Crippen molar-refractivity contribution in [2.24, 2.45) is 33.7 Å². The van der Waals surface area contributed by atoms with Crippen molar-refractivity contribution < 1.29 is 44.4 Å². The van der Waals surface area contributed by atoms with Crippen LogP contribution in [0.1, 0.15) is 38.5 Å². The van der Waals surface area contributed by atoms with Gasteiger partial charge in [0.15, 0.2) is 5.96 Å². The maximum Gasteiger partial charge on any atom is 0.372 e. The Morgan fingerprint density at radius 2 is 1.23 bits per heavy atom. The third kappa shape index (κ3) is 26.7. The number of hydrogen-bond acceptors (Lipinski definition) is 9. The first-order chi connectivity index (χ1) is 14.3. The number of Topliss-reactive ketones (excluding diaryl/α,β-unsaturated/α-hetero) is 1. The number of aliphatic carboxylic acids is 4. The predicted molar refractivity (Wildman–Crippen MR) is 109 cm³/mol. The van der Waals surface area contributed by atoms with E-state index in [-0.39, 0.29) is 5.96 Å². The molecular weight excluding hydrogens is 420 g/mol. The number of guanidine groups is 1. The summed E-state index contributed by atoms with van der Waals surface area (Å²) in [7, 11) is 0. The molecule has 15 heteroatoms. The maximum atomic E-state index is 10.2. The fraction of sp³-hybridized carbons (Fsp3) is 0.625. The van der Waals surface area contributed by atoms with Crippen LogP contribution >= 0.6 is 0 Å². The quantitative estimate of drug-likeness (QED) is 0.0585. The van der Waals surface area contributed by atoms with E-state index in [1.807, 2.05) is 0 Å². The maximum absolute atomic E-state index is 10.2. The summed E-state index contributed by atoms with van der Waals surface area (Å²) in [6.45, 7) is 0.921. The Morgan fingerprint density at radius 1 is 0.774 bits per heavy atom. The molecular formula is C16H32N6O9. The average molecular weight is 452 g/mol. The Labute approximate surface area is 178 Å². The normalized spacial score (nSPS) is 11.3. The molecule has 31 heavy (non-hydrogen) atoms. The summed E-state index contributed by atoms with van der Waals surface area (Å²) in [5.41, 5.74) is 25.6. The first kappa shape index (κ1) is 32.4. The number of nitrogens with zero attached hydrogens (tertiary/aromatic N) is 1. The van der Waals surface area contributed by atoms with Crippen molar-refractivity contribution in [3.8, 4) is 0 Å². The Balaban J connectivity index is -0.000000384. The topological polar surface area (TPSA) is 309 Å². The smallest absolute Gasteiger partial charge is 0.372 e. The van der Waals surface area contributed by atoms with Gasteiger partial charge in [-0.2, -0.15) is 0 Å². The van der Waals surface area contributed by atoms with Gasteiger partial charge in [-0.1, -0.05) is 0 Å². The van der Waals surface area contributed by atoms with E-state index in [0.29, 0.717) is 38.8 Å². The second-order valence-electron chi connectivity index (χ2n) is 5.89. The van der Waals surface area contributed by atoms with Crippen LogP contribution in [0.2, 0.25) is 0 Å². The molecule has 0 unspecified atom stereocenters. The molecule has 2 atom stereocenters. The number of carbonyl (C=O) groups is 5. The molecule has 0 spiro atoms. The number of aliphatic imine (C=N–C) groups is 1. The molecule has 0 radical (unpaired) electrons. The molecule has 0 rings (SSSR count). The minimum Gasteiger partial charge on any atom is -0.481 e. The summed E-state index contributed by atoms with van der Waals surface area (Å²) in [5, 5.41) is 32.6. The van der Waals surface area contributed by atoms with Crippen LogP contribution in [0.3, 0.4) is 0 Å². The molecule has 15 nitrogen and oxygen atoms in total. The van der Waals surface area contributed by atoms with Crippen molar-refractivity contribution in [2.75, 3.05) is 13.1 Å². The van der Waals surface area contributed by atoms with Crippen LogP contribution in [0.4, 0.5) is 0 Å². The van der Waals surface area contributed by atoms with Crippen LogP contribution in [0.25, 0.3) is 0 Å². The molecule has 0 amide bonds. The molecule has 0 heterocycles. The molecule has 180 valence electrons. The van der Waals surface area contributed by atoms with Gasteiger partial charge in [0.25, 0.3) is 0 Å². The van der Waals surface area contributed by atoms with Gasteiger partial charge >= 0.3 is 23.9 Å². The summed E-state index contributed by atoms with van der Waals surface area (Å²) in [4.78, 5) is 53.7. The Hall–Kier alpha value is -3.30. The van der Waals surface area contributed by atoms with E-state index < -0.39 is 54.6 Å². The van der Waals surface area contributed by atoms with Gasteiger partial charge < -0.3 is 49.1 Å². The molecule has 14 N–H and O–H groups in total. The Morgan fingerprint density at radius 3 is 1.55 bits per heavy atom. The van der Waals surface area contributed by atoms with Crippen LogP contribution in [0.5, 0.6) is 0 Å². The molecule has 0 aliphatic heterocycles. The zero-order valence-electron chi connectivity index (χ0n) is 17.0. The number of rotatable bonds is 13. The molecule has 0 aromatic heterocycles. The third-order valence-electron chi connectivity index (χ3n) is 3.13. The fourth-order valence-electron chi connectivity index (χ4n) is 1.43. The molecule has 0 saturated heterocycles. The number of carboxylic acids is 4. The highest BCUT2D eigenvalue weighted by molar-refractivity contribution is 6.32. The first-order valence-electron chi connectivity index (χ1n) is 8.96. The SMILES string of the molecule is NC(N)=NCCC[C@H](N)C(=O)O.NCCC[C@H](N)C(=O)O.O=C(O)CCC(=O)C(=O)O. The van der Waals surface area contributed by atoms with Crippen molar-refractivity contribution >= 4 is 35.6 Å². The average Bonchev–Trinajstić information content (AvgIpc) is 2.67. The number of carbonyl (C=O) groups excluding carboxylic acids is 1. The van der Waals surface area contributed by atoms with Gasteiger partial charge in [0.1, 0.15) is 12.1 Å². The highest BCUT2D eigenvalue weighted by atomic mass is 16.4. The number of hydrogen-bond donors (Lipinski definition) is 9. The van der Waals surface area contributed by atoms with Crippen LogP contribution in [-0.2, 0) is 24.0 Å². The van der Waals surface area contributed by atoms with E-state index in [0.717, 1.165) is 0 Å². The second kappa shape index (κ2) is 20.0. The zero-order chi connectivity index (χ0) is 25.0. The lowest BCUT2D eigenvalue weighted by Gasteiger charge is -2.03. The highest BCUT2D eigenvalue weighted by Crippen LogP contribution is 1.94. The van der Waals surface area contributed by atoms with E-state index in [9.17, 15) is 24.0 Å². The Kier molecular flexibility index (Phi) is 20.9. The van der Waals surface area contributed by atoms with E-state index in [4.69, 9.17) is 49.1 Å². The van der Waals surface area contributed by atoms with Gasteiger partial charge in [-0.3, -0.25) is 24.2 Å². The van der Waals surface area contributed by atoms with Crippen molar-refractivity contribution in [3.05, 3.63) is 0 Å². The fourth-order valence-corrected chi connectivity index (χ4v) is 1.43. The lowest BCUT2D eigenvalue weighted by Crippen LogP contribution is -2.30. The predicted octanol–water partition coefficient (Wildman–Crippen LogP) is -2.91. The summed E-state index contributed by atoms with van der Waals surface area (Å²) >= 11 is 0. The summed E-state index contributed by atoms with van der Waals surface area (Å²) in [5.74, 6) is -5.76. The van der Waals surface area contributed by atoms with Crippen molar-refractivity contribution in [1.82, 2.24) is 0 Å². The van der Waals surface area contributed by atoms with Crippen LogP contribution in [0.15, 0.2) is 4.99 Å². The third-order valence-corrected chi connectivity index (χ3v) is 3.13. The van der Waals surface area contributed by atoms with E-state index in [1.165, 1.54) is 0 Å². The molecule has 0 aliphatic rings. The number of ketones is 1. The van der Waals surface area contributed by atoms with Gasteiger partial charge in [-0.15, -0.1) is 0 Å². The van der Waals surface area contributed by atoms with Crippen LogP contribution < -0.4 is 28.7 Å². The van der Waals surface area contributed by atoms with Crippen LogP contribution in [0, 0.1) is 0 Å². The molecule has 0 saturated carbocycles. The van der Waals surface area contributed by atoms with Crippen molar-refractivity contribution in [2.45, 2.75) is 50.6 Å². The summed E-state index contributed by atoms with van der Waals surface area (Å²) < 4.78 is 0. The van der Waals surface area contributed by atoms with E-state index in [2.05, 4.69) is 4.99 Å². The highest BCUT2D eigenvalue weighted by Gasteiger charge is 2.12. The number of carboxylic acid groups (broad SMARTS) is 4. The van der Waals surface area contributed by atoms with Gasteiger partial charge in [-0.25, -0.2) is 4.79 Å². The first-order valence-corrected chi connectivity index (χ1v) is 8.96. The largest absolute Gasteiger partial charge is 0.481 e. The monoisotopic (exact) mass is 452 g/mol. The molecule has 0 aliphatic carbocycles. The molecule has 0 fully saturated rings. The van der Waals surface area contributed by atoms with Gasteiger partial charge in [-0.05, 0) is 32.2 Å². The van der Waals surface area contributed by atoms with Gasteiger partial charge in [0.05, 0.1) is 6.42 Å². The zero-order valence-corrected chi connectivity index (χ0v) is 17.0. The molecule has 0 aromatic rings. The number of nitrogens with two attached hydrogens (primary N) is 5. The van der Waals surface area contributed by atoms with Crippen molar-refractivity contribution in [3.63, 3.8) is 0 Å². The Bertz CT molecular complexity index is 608. The van der Waals surface area contributed by atoms with Crippen molar-refractivity contribution in [1.29, 1.82) is 0 Å². The summed E-state index contributed by atoms with van der Waals surface area (Å²) in [6.07, 6.45) is 1.23.